The lowest BCUT2D eigenvalue weighted by atomic mass is 10.1. The van der Waals surface area contributed by atoms with Crippen LogP contribution in [0.15, 0.2) is 48.5 Å². The minimum Gasteiger partial charge on any atom is -0.489 e. The van der Waals surface area contributed by atoms with Gasteiger partial charge in [0.2, 0.25) is 10.0 Å². The second-order valence-corrected chi connectivity index (χ2v) is 9.68. The molecule has 1 aliphatic rings. The number of carbonyl (C=O) groups excluding carboxylic acids is 1. The normalized spacial score (nSPS) is 16.2. The molecule has 1 saturated heterocycles. The van der Waals surface area contributed by atoms with E-state index in [9.17, 15) is 27.5 Å². The Bertz CT molecular complexity index is 1070. The van der Waals surface area contributed by atoms with Crippen molar-refractivity contribution in [2.24, 2.45) is 0 Å². The van der Waals surface area contributed by atoms with Gasteiger partial charge in [-0.05, 0) is 42.0 Å². The lowest BCUT2D eigenvalue weighted by molar-refractivity contribution is -0.143. The molecular weight excluding hydrogens is 453 g/mol. The molecule has 11 heteroatoms. The molecule has 0 bridgehead atoms. The zero-order chi connectivity index (χ0) is 24.0. The van der Waals surface area contributed by atoms with Crippen LogP contribution in [-0.4, -0.2) is 79.6 Å². The zero-order valence-electron chi connectivity index (χ0n) is 18.1. The van der Waals surface area contributed by atoms with E-state index in [0.717, 1.165) is 11.8 Å². The first-order valence-electron chi connectivity index (χ1n) is 10.3. The number of piperazine rings is 1. The fourth-order valence-electron chi connectivity index (χ4n) is 3.46. The highest BCUT2D eigenvalue weighted by molar-refractivity contribution is 7.88. The minimum absolute atomic E-state index is 0.115. The average molecular weight is 480 g/mol. The number of nitrogens with one attached hydrogen (secondary N) is 1. The van der Waals surface area contributed by atoms with Crippen molar-refractivity contribution < 1.29 is 32.2 Å². The summed E-state index contributed by atoms with van der Waals surface area (Å²) >= 11 is 0. The summed E-state index contributed by atoms with van der Waals surface area (Å²) in [5, 5.41) is 12.2. The van der Waals surface area contributed by atoms with Gasteiger partial charge in [0, 0.05) is 38.3 Å². The third-order valence-corrected chi connectivity index (χ3v) is 6.66. The molecule has 0 saturated carbocycles. The molecule has 0 radical (unpaired) electrons. The van der Waals surface area contributed by atoms with Crippen LogP contribution in [-0.2, 0) is 21.4 Å². The number of nitrogens with zero attached hydrogens (tertiary/aromatic N) is 2. The minimum atomic E-state index is -3.32. The summed E-state index contributed by atoms with van der Waals surface area (Å²) in [5.74, 6) is -1.31. The van der Waals surface area contributed by atoms with Crippen LogP contribution in [0.3, 0.4) is 0 Å². The first-order valence-corrected chi connectivity index (χ1v) is 12.2. The van der Waals surface area contributed by atoms with Gasteiger partial charge in [0.1, 0.15) is 24.2 Å². The highest BCUT2D eigenvalue weighted by Crippen LogP contribution is 2.15. The van der Waals surface area contributed by atoms with E-state index in [-0.39, 0.29) is 45.1 Å². The van der Waals surface area contributed by atoms with Crippen LogP contribution in [0.4, 0.5) is 4.39 Å². The third-order valence-electron chi connectivity index (χ3n) is 5.36. The summed E-state index contributed by atoms with van der Waals surface area (Å²) in [6.45, 7) is 1.07. The number of halogens is 1. The Morgan fingerprint density at radius 3 is 2.21 bits per heavy atom. The maximum absolute atomic E-state index is 13.0. The van der Waals surface area contributed by atoms with Gasteiger partial charge >= 0.3 is 5.97 Å². The van der Waals surface area contributed by atoms with E-state index in [1.54, 1.807) is 41.3 Å². The van der Waals surface area contributed by atoms with Gasteiger partial charge in [-0.1, -0.05) is 12.1 Å². The number of sulfonamides is 1. The van der Waals surface area contributed by atoms with E-state index in [1.165, 1.54) is 16.4 Å². The largest absolute Gasteiger partial charge is 0.489 e. The Balaban J connectivity index is 1.51. The number of carbonyl (C=O) groups is 2. The van der Waals surface area contributed by atoms with Gasteiger partial charge < -0.3 is 15.2 Å². The standard InChI is InChI=1S/C22H26FN3O6S/c1-33(30,31)26-12-10-25(11-13-26)20(22(28)29)14-24-21(27)17-4-8-19(9-5-17)32-15-16-2-6-18(23)7-3-16/h2-9,20H,10-15H2,1H3,(H,24,27)(H,28,29)/t20-/m0/s1. The van der Waals surface area contributed by atoms with E-state index in [0.29, 0.717) is 11.3 Å². The molecule has 1 heterocycles. The van der Waals surface area contributed by atoms with E-state index in [2.05, 4.69) is 5.32 Å². The molecular formula is C22H26FN3O6S. The number of aliphatic carboxylic acids is 1. The molecule has 2 N–H and O–H groups in total. The fraction of sp³-hybridized carbons (Fsp3) is 0.364. The number of carboxylic acids is 1. The molecule has 0 unspecified atom stereocenters. The van der Waals surface area contributed by atoms with Crippen molar-refractivity contribution in [3.63, 3.8) is 0 Å². The summed E-state index contributed by atoms with van der Waals surface area (Å²) in [6, 6.07) is 11.4. The van der Waals surface area contributed by atoms with Gasteiger partial charge in [-0.15, -0.1) is 0 Å². The predicted octanol–water partition coefficient (Wildman–Crippen LogP) is 1.16. The number of amides is 1. The first kappa shape index (κ1) is 24.6. The van der Waals surface area contributed by atoms with Crippen LogP contribution in [0.1, 0.15) is 15.9 Å². The van der Waals surface area contributed by atoms with Crippen molar-refractivity contribution in [3.8, 4) is 5.75 Å². The zero-order valence-corrected chi connectivity index (χ0v) is 18.9. The SMILES string of the molecule is CS(=O)(=O)N1CCN([C@@H](CNC(=O)c2ccc(OCc3ccc(F)cc3)cc2)C(=O)O)CC1. The maximum atomic E-state index is 13.0. The van der Waals surface area contributed by atoms with Gasteiger partial charge in [0.25, 0.3) is 5.91 Å². The molecule has 0 spiro atoms. The van der Waals surface area contributed by atoms with Crippen LogP contribution in [0.5, 0.6) is 5.75 Å². The second kappa shape index (κ2) is 10.7. The van der Waals surface area contributed by atoms with Crippen molar-refractivity contribution in [2.75, 3.05) is 39.0 Å². The number of hydrogen-bond acceptors (Lipinski definition) is 6. The highest BCUT2D eigenvalue weighted by atomic mass is 32.2. The Morgan fingerprint density at radius 2 is 1.67 bits per heavy atom. The van der Waals surface area contributed by atoms with Gasteiger partial charge in [-0.3, -0.25) is 14.5 Å². The van der Waals surface area contributed by atoms with E-state index in [1.807, 2.05) is 0 Å². The third kappa shape index (κ3) is 6.98. The van der Waals surface area contributed by atoms with Gasteiger partial charge in [-0.2, -0.15) is 4.31 Å². The second-order valence-electron chi connectivity index (χ2n) is 7.70. The summed E-state index contributed by atoms with van der Waals surface area (Å²) < 4.78 is 43.1. The van der Waals surface area contributed by atoms with Crippen LogP contribution in [0.2, 0.25) is 0 Å². The van der Waals surface area contributed by atoms with Gasteiger partial charge in [-0.25, -0.2) is 12.8 Å². The predicted molar refractivity (Wildman–Crippen MR) is 119 cm³/mol. The first-order chi connectivity index (χ1) is 15.6. The van der Waals surface area contributed by atoms with Crippen molar-refractivity contribution >= 4 is 21.9 Å². The van der Waals surface area contributed by atoms with Crippen molar-refractivity contribution in [1.82, 2.24) is 14.5 Å². The quantitative estimate of drug-likeness (QED) is 0.555. The summed E-state index contributed by atoms with van der Waals surface area (Å²) in [7, 11) is -3.32. The molecule has 1 atom stereocenters. The van der Waals surface area contributed by atoms with Crippen molar-refractivity contribution in [2.45, 2.75) is 12.6 Å². The molecule has 1 aliphatic heterocycles. The Labute approximate surface area is 191 Å². The van der Waals surface area contributed by atoms with Crippen LogP contribution in [0.25, 0.3) is 0 Å². The molecule has 3 rings (SSSR count). The van der Waals surface area contributed by atoms with E-state index < -0.39 is 27.9 Å². The topological polar surface area (TPSA) is 116 Å². The molecule has 0 aliphatic carbocycles. The molecule has 2 aromatic carbocycles. The van der Waals surface area contributed by atoms with Crippen LogP contribution >= 0.6 is 0 Å². The Hall–Kier alpha value is -3.02. The van der Waals surface area contributed by atoms with Gasteiger partial charge in [0.05, 0.1) is 6.26 Å². The van der Waals surface area contributed by atoms with Crippen LogP contribution < -0.4 is 10.1 Å². The molecule has 33 heavy (non-hydrogen) atoms. The number of benzene rings is 2. The van der Waals surface area contributed by atoms with Gasteiger partial charge in [0.15, 0.2) is 0 Å². The average Bonchev–Trinajstić information content (AvgIpc) is 2.78. The summed E-state index contributed by atoms with van der Waals surface area (Å²) in [5.41, 5.74) is 1.14. The molecule has 1 fully saturated rings. The number of hydrogen-bond donors (Lipinski definition) is 2. The smallest absolute Gasteiger partial charge is 0.322 e. The lowest BCUT2D eigenvalue weighted by Gasteiger charge is -2.36. The Morgan fingerprint density at radius 1 is 1.06 bits per heavy atom. The molecule has 9 nitrogen and oxygen atoms in total. The lowest BCUT2D eigenvalue weighted by Crippen LogP contribution is -2.56. The summed E-state index contributed by atoms with van der Waals surface area (Å²) in [6.07, 6.45) is 1.12. The number of carboxylic acid groups (broad SMARTS) is 1. The van der Waals surface area contributed by atoms with E-state index in [4.69, 9.17) is 4.74 Å². The molecule has 0 aromatic heterocycles. The number of ether oxygens (including phenoxy) is 1. The van der Waals surface area contributed by atoms with Crippen LogP contribution in [0, 0.1) is 5.82 Å². The highest BCUT2D eigenvalue weighted by Gasteiger charge is 2.31. The maximum Gasteiger partial charge on any atom is 0.322 e. The molecule has 178 valence electrons. The molecule has 1 amide bonds. The van der Waals surface area contributed by atoms with Crippen molar-refractivity contribution in [3.05, 3.63) is 65.5 Å². The van der Waals surface area contributed by atoms with Crippen molar-refractivity contribution in [1.29, 1.82) is 0 Å². The monoisotopic (exact) mass is 479 g/mol. The fourth-order valence-corrected chi connectivity index (χ4v) is 4.29. The molecule has 2 aromatic rings. The van der Waals surface area contributed by atoms with E-state index >= 15 is 0 Å². The Kier molecular flexibility index (Phi) is 8.01. The number of rotatable bonds is 9. The summed E-state index contributed by atoms with van der Waals surface area (Å²) in [4.78, 5) is 25.8.